The molecule has 1 nitrogen and oxygen atoms in total. The number of hydrogen-bond donors (Lipinski definition) is 1. The number of fused-ring (bicyclic) bond motifs is 1. The molecule has 0 saturated heterocycles. The SMILES string of the molecule is Fc1ccc(Cc2c[nH]c3ccccc23)cc1. The van der Waals surface area contributed by atoms with Crippen molar-refractivity contribution in [3.05, 3.63) is 71.7 Å². The van der Waals surface area contributed by atoms with Crippen molar-refractivity contribution < 1.29 is 4.39 Å². The molecule has 0 spiro atoms. The van der Waals surface area contributed by atoms with Crippen LogP contribution in [0.15, 0.2) is 54.7 Å². The number of aromatic amines is 1. The molecule has 84 valence electrons. The summed E-state index contributed by atoms with van der Waals surface area (Å²) in [6, 6.07) is 14.9. The van der Waals surface area contributed by atoms with Crippen molar-refractivity contribution in [1.82, 2.24) is 4.98 Å². The van der Waals surface area contributed by atoms with Crippen molar-refractivity contribution in [2.24, 2.45) is 0 Å². The lowest BCUT2D eigenvalue weighted by molar-refractivity contribution is 0.627. The molecule has 1 heterocycles. The van der Waals surface area contributed by atoms with Crippen LogP contribution in [0.1, 0.15) is 11.1 Å². The minimum absolute atomic E-state index is 0.187. The summed E-state index contributed by atoms with van der Waals surface area (Å²) in [5.41, 5.74) is 3.51. The molecule has 0 saturated carbocycles. The third kappa shape index (κ3) is 1.94. The molecule has 0 bridgehead atoms. The quantitative estimate of drug-likeness (QED) is 0.680. The number of H-pyrrole nitrogens is 1. The van der Waals surface area contributed by atoms with Crippen molar-refractivity contribution in [2.75, 3.05) is 0 Å². The Morgan fingerprint density at radius 3 is 2.53 bits per heavy atom. The predicted molar refractivity (Wildman–Crippen MR) is 67.5 cm³/mol. The van der Waals surface area contributed by atoms with Gasteiger partial charge in [-0.15, -0.1) is 0 Å². The number of rotatable bonds is 2. The first-order valence-corrected chi connectivity index (χ1v) is 5.62. The molecular weight excluding hydrogens is 213 g/mol. The van der Waals surface area contributed by atoms with Gasteiger partial charge in [-0.3, -0.25) is 0 Å². The first-order chi connectivity index (χ1) is 8.33. The summed E-state index contributed by atoms with van der Waals surface area (Å²) in [5, 5.41) is 1.23. The predicted octanol–water partition coefficient (Wildman–Crippen LogP) is 3.90. The van der Waals surface area contributed by atoms with E-state index in [1.165, 1.54) is 23.1 Å². The van der Waals surface area contributed by atoms with Crippen LogP contribution in [0.3, 0.4) is 0 Å². The third-order valence-electron chi connectivity index (χ3n) is 2.98. The van der Waals surface area contributed by atoms with E-state index in [2.05, 4.69) is 17.1 Å². The molecule has 0 unspecified atom stereocenters. The van der Waals surface area contributed by atoms with Gasteiger partial charge in [-0.1, -0.05) is 30.3 Å². The fraction of sp³-hybridized carbons (Fsp3) is 0.0667. The fourth-order valence-corrected chi connectivity index (χ4v) is 2.10. The van der Waals surface area contributed by atoms with E-state index in [1.807, 2.05) is 30.5 Å². The van der Waals surface area contributed by atoms with Crippen molar-refractivity contribution in [3.63, 3.8) is 0 Å². The van der Waals surface area contributed by atoms with Crippen molar-refractivity contribution >= 4 is 10.9 Å². The first-order valence-electron chi connectivity index (χ1n) is 5.62. The van der Waals surface area contributed by atoms with Crippen LogP contribution in [0.25, 0.3) is 10.9 Å². The van der Waals surface area contributed by atoms with E-state index >= 15 is 0 Å². The largest absolute Gasteiger partial charge is 0.361 e. The highest BCUT2D eigenvalue weighted by molar-refractivity contribution is 5.83. The molecule has 2 aromatic carbocycles. The molecule has 1 N–H and O–H groups in total. The Kier molecular flexibility index (Phi) is 2.41. The Balaban J connectivity index is 1.97. The smallest absolute Gasteiger partial charge is 0.123 e. The van der Waals surface area contributed by atoms with Crippen LogP contribution in [0.5, 0.6) is 0 Å². The number of halogens is 1. The molecule has 2 heteroatoms. The van der Waals surface area contributed by atoms with Crippen molar-refractivity contribution in [2.45, 2.75) is 6.42 Å². The van der Waals surface area contributed by atoms with Gasteiger partial charge < -0.3 is 4.98 Å². The van der Waals surface area contributed by atoms with E-state index in [0.29, 0.717) is 0 Å². The van der Waals surface area contributed by atoms with E-state index in [0.717, 1.165) is 17.5 Å². The molecule has 0 fully saturated rings. The summed E-state index contributed by atoms with van der Waals surface area (Å²) in [4.78, 5) is 3.25. The monoisotopic (exact) mass is 225 g/mol. The van der Waals surface area contributed by atoms with Crippen LogP contribution >= 0.6 is 0 Å². The van der Waals surface area contributed by atoms with Gasteiger partial charge in [0.05, 0.1) is 0 Å². The molecule has 0 aliphatic carbocycles. The fourth-order valence-electron chi connectivity index (χ4n) is 2.10. The first kappa shape index (κ1) is 10.1. The third-order valence-corrected chi connectivity index (χ3v) is 2.98. The highest BCUT2D eigenvalue weighted by Crippen LogP contribution is 2.20. The normalized spacial score (nSPS) is 10.9. The number of hydrogen-bond acceptors (Lipinski definition) is 0. The molecule has 3 rings (SSSR count). The second-order valence-corrected chi connectivity index (χ2v) is 4.16. The molecular formula is C15H12FN. The van der Waals surface area contributed by atoms with Crippen molar-refractivity contribution in [1.29, 1.82) is 0 Å². The lowest BCUT2D eigenvalue weighted by Gasteiger charge is -2.00. The maximum absolute atomic E-state index is 12.8. The Bertz CT molecular complexity index is 637. The standard InChI is InChI=1S/C15H12FN/c16-13-7-5-11(6-8-13)9-12-10-17-15-4-2-1-3-14(12)15/h1-8,10,17H,9H2. The Hall–Kier alpha value is -2.09. The topological polar surface area (TPSA) is 15.8 Å². The molecule has 3 aromatic rings. The molecule has 0 aliphatic rings. The lowest BCUT2D eigenvalue weighted by Crippen LogP contribution is -1.86. The molecule has 0 atom stereocenters. The summed E-state index contributed by atoms with van der Waals surface area (Å²) in [5.74, 6) is -0.187. The minimum Gasteiger partial charge on any atom is -0.361 e. The van der Waals surface area contributed by atoms with E-state index in [9.17, 15) is 4.39 Å². The zero-order valence-corrected chi connectivity index (χ0v) is 9.28. The highest BCUT2D eigenvalue weighted by Gasteiger charge is 2.03. The summed E-state index contributed by atoms with van der Waals surface area (Å²) < 4.78 is 12.8. The van der Waals surface area contributed by atoms with Crippen molar-refractivity contribution in [3.8, 4) is 0 Å². The van der Waals surface area contributed by atoms with Crippen LogP contribution in [0, 0.1) is 5.82 Å². The van der Waals surface area contributed by atoms with Crippen LogP contribution in [-0.4, -0.2) is 4.98 Å². The highest BCUT2D eigenvalue weighted by atomic mass is 19.1. The molecule has 0 aliphatic heterocycles. The van der Waals surface area contributed by atoms with Gasteiger partial charge in [0, 0.05) is 17.1 Å². The van der Waals surface area contributed by atoms with Gasteiger partial charge in [-0.05, 0) is 35.7 Å². The summed E-state index contributed by atoms with van der Waals surface area (Å²) in [7, 11) is 0. The van der Waals surface area contributed by atoms with Gasteiger partial charge in [-0.2, -0.15) is 0 Å². The number of nitrogens with one attached hydrogen (secondary N) is 1. The van der Waals surface area contributed by atoms with E-state index in [4.69, 9.17) is 0 Å². The van der Waals surface area contributed by atoms with Gasteiger partial charge in [0.15, 0.2) is 0 Å². The average molecular weight is 225 g/mol. The molecule has 17 heavy (non-hydrogen) atoms. The average Bonchev–Trinajstić information content (AvgIpc) is 2.76. The summed E-state index contributed by atoms with van der Waals surface area (Å²) >= 11 is 0. The number of aromatic nitrogens is 1. The van der Waals surface area contributed by atoms with E-state index in [1.54, 1.807) is 0 Å². The molecule has 1 aromatic heterocycles. The maximum atomic E-state index is 12.8. The molecule has 0 amide bonds. The summed E-state index contributed by atoms with van der Waals surface area (Å²) in [6.45, 7) is 0. The maximum Gasteiger partial charge on any atom is 0.123 e. The zero-order chi connectivity index (χ0) is 11.7. The van der Waals surface area contributed by atoms with E-state index < -0.39 is 0 Å². The van der Waals surface area contributed by atoms with Gasteiger partial charge in [0.2, 0.25) is 0 Å². The van der Waals surface area contributed by atoms with E-state index in [-0.39, 0.29) is 5.82 Å². The summed E-state index contributed by atoms with van der Waals surface area (Å²) in [6.07, 6.45) is 2.85. The number of para-hydroxylation sites is 1. The Morgan fingerprint density at radius 2 is 1.71 bits per heavy atom. The van der Waals surface area contributed by atoms with Gasteiger partial charge >= 0.3 is 0 Å². The Labute approximate surface area is 98.9 Å². The minimum atomic E-state index is -0.187. The van der Waals surface area contributed by atoms with Crippen LogP contribution in [0.4, 0.5) is 4.39 Å². The van der Waals surface area contributed by atoms with Crippen LogP contribution < -0.4 is 0 Å². The number of benzene rings is 2. The lowest BCUT2D eigenvalue weighted by atomic mass is 10.0. The van der Waals surface area contributed by atoms with Gasteiger partial charge in [0.1, 0.15) is 5.82 Å². The van der Waals surface area contributed by atoms with Gasteiger partial charge in [0.25, 0.3) is 0 Å². The van der Waals surface area contributed by atoms with Crippen LogP contribution in [-0.2, 0) is 6.42 Å². The molecule has 0 radical (unpaired) electrons. The van der Waals surface area contributed by atoms with Gasteiger partial charge in [-0.25, -0.2) is 4.39 Å². The van der Waals surface area contributed by atoms with Crippen LogP contribution in [0.2, 0.25) is 0 Å². The second-order valence-electron chi connectivity index (χ2n) is 4.16. The zero-order valence-electron chi connectivity index (χ0n) is 9.28. The Morgan fingerprint density at radius 1 is 0.941 bits per heavy atom. The second kappa shape index (κ2) is 4.06.